The molecule has 8 heteroatoms. The molecular formula is C22H18N4O2S2. The minimum atomic E-state index is -0.272. The van der Waals surface area contributed by atoms with E-state index < -0.39 is 0 Å². The van der Waals surface area contributed by atoms with Crippen molar-refractivity contribution in [1.82, 2.24) is 15.0 Å². The van der Waals surface area contributed by atoms with Crippen molar-refractivity contribution in [2.24, 2.45) is 5.10 Å². The van der Waals surface area contributed by atoms with Gasteiger partial charge in [-0.25, -0.2) is 10.4 Å². The number of aryl methyl sites for hydroxylation is 1. The van der Waals surface area contributed by atoms with E-state index >= 15 is 0 Å². The Morgan fingerprint density at radius 2 is 1.90 bits per heavy atom. The number of benzene rings is 2. The fourth-order valence-corrected chi connectivity index (χ4v) is 4.42. The number of fused-ring (bicyclic) bond motifs is 1. The third-order valence-corrected chi connectivity index (χ3v) is 6.11. The van der Waals surface area contributed by atoms with Gasteiger partial charge in [-0.2, -0.15) is 5.10 Å². The number of thiophene rings is 1. The molecule has 0 unspecified atom stereocenters. The number of carbonyl (C=O) groups is 1. The molecule has 2 aromatic heterocycles. The van der Waals surface area contributed by atoms with Gasteiger partial charge in [0.05, 0.1) is 28.6 Å². The Labute approximate surface area is 181 Å². The Bertz CT molecular complexity index is 1280. The lowest BCUT2D eigenvalue weighted by Gasteiger charge is -2.12. The Hall–Kier alpha value is -3.23. The maximum Gasteiger partial charge on any atom is 0.266 e. The topological polar surface area (TPSA) is 76.3 Å². The molecule has 1 N–H and O–H groups in total. The number of carbonyl (C=O) groups excluding carboxylic acids is 1. The zero-order chi connectivity index (χ0) is 20.9. The van der Waals surface area contributed by atoms with E-state index in [0.717, 1.165) is 4.88 Å². The number of aromatic nitrogens is 2. The fraction of sp³-hybridized carbons (Fsp3) is 0.0909. The molecule has 0 aliphatic carbocycles. The maximum atomic E-state index is 13.1. The van der Waals surface area contributed by atoms with Crippen molar-refractivity contribution < 1.29 is 4.79 Å². The molecule has 0 saturated heterocycles. The summed E-state index contributed by atoms with van der Waals surface area (Å²) in [5.41, 5.74) is 3.66. The van der Waals surface area contributed by atoms with Gasteiger partial charge in [0.1, 0.15) is 0 Å². The summed E-state index contributed by atoms with van der Waals surface area (Å²) < 4.78 is 1.54. The van der Waals surface area contributed by atoms with Crippen LogP contribution in [0.5, 0.6) is 0 Å². The first kappa shape index (κ1) is 20.1. The van der Waals surface area contributed by atoms with E-state index in [9.17, 15) is 9.59 Å². The van der Waals surface area contributed by atoms with Crippen molar-refractivity contribution in [1.29, 1.82) is 0 Å². The molecule has 30 heavy (non-hydrogen) atoms. The van der Waals surface area contributed by atoms with E-state index in [1.165, 1.54) is 21.2 Å². The van der Waals surface area contributed by atoms with Gasteiger partial charge in [0.15, 0.2) is 5.16 Å². The number of para-hydroxylation sites is 2. The molecule has 2 heterocycles. The van der Waals surface area contributed by atoms with Gasteiger partial charge >= 0.3 is 0 Å². The van der Waals surface area contributed by atoms with Crippen molar-refractivity contribution in [2.45, 2.75) is 12.1 Å². The molecule has 6 nitrogen and oxygen atoms in total. The van der Waals surface area contributed by atoms with Crippen molar-refractivity contribution >= 4 is 46.1 Å². The van der Waals surface area contributed by atoms with Gasteiger partial charge in [-0.05, 0) is 43.3 Å². The van der Waals surface area contributed by atoms with Gasteiger partial charge < -0.3 is 0 Å². The number of hydrogen-bond donors (Lipinski definition) is 1. The van der Waals surface area contributed by atoms with Crippen LogP contribution < -0.4 is 11.0 Å². The van der Waals surface area contributed by atoms with Crippen LogP contribution >= 0.6 is 23.1 Å². The van der Waals surface area contributed by atoms with E-state index in [0.29, 0.717) is 21.7 Å². The van der Waals surface area contributed by atoms with E-state index in [2.05, 4.69) is 15.5 Å². The lowest BCUT2D eigenvalue weighted by molar-refractivity contribution is -0.118. The van der Waals surface area contributed by atoms with E-state index in [1.807, 2.05) is 61.5 Å². The van der Waals surface area contributed by atoms with Crippen molar-refractivity contribution in [3.8, 4) is 5.69 Å². The summed E-state index contributed by atoms with van der Waals surface area (Å²) in [7, 11) is 0. The Balaban J connectivity index is 1.56. The van der Waals surface area contributed by atoms with Crippen LogP contribution in [0.2, 0.25) is 0 Å². The van der Waals surface area contributed by atoms with Gasteiger partial charge in [0.2, 0.25) is 0 Å². The highest BCUT2D eigenvalue weighted by molar-refractivity contribution is 7.99. The minimum absolute atomic E-state index is 0.0818. The second-order valence-electron chi connectivity index (χ2n) is 6.42. The van der Waals surface area contributed by atoms with Crippen LogP contribution in [0.1, 0.15) is 9.75 Å². The number of hydrazone groups is 1. The monoisotopic (exact) mass is 434 g/mol. The Morgan fingerprint density at radius 3 is 2.67 bits per heavy atom. The normalized spacial score (nSPS) is 11.2. The van der Waals surface area contributed by atoms with Gasteiger partial charge in [-0.15, -0.1) is 11.3 Å². The number of hydrogen-bond acceptors (Lipinski definition) is 6. The molecule has 0 aliphatic heterocycles. The summed E-state index contributed by atoms with van der Waals surface area (Å²) in [5.74, 6) is -0.190. The van der Waals surface area contributed by atoms with Crippen molar-refractivity contribution in [3.63, 3.8) is 0 Å². The summed E-state index contributed by atoms with van der Waals surface area (Å²) in [6.45, 7) is 2.01. The maximum absolute atomic E-state index is 13.1. The quantitative estimate of drug-likeness (QED) is 0.215. The zero-order valence-corrected chi connectivity index (χ0v) is 17.7. The zero-order valence-electron chi connectivity index (χ0n) is 16.1. The predicted octanol–water partition coefficient (Wildman–Crippen LogP) is 4.00. The second kappa shape index (κ2) is 9.06. The molecule has 0 radical (unpaired) electrons. The molecule has 0 saturated carbocycles. The van der Waals surface area contributed by atoms with Gasteiger partial charge in [-0.1, -0.05) is 42.1 Å². The molecule has 1 amide bonds. The molecular weight excluding hydrogens is 416 g/mol. The summed E-state index contributed by atoms with van der Waals surface area (Å²) in [4.78, 5) is 32.1. The van der Waals surface area contributed by atoms with Crippen molar-refractivity contribution in [3.05, 3.63) is 86.8 Å². The highest BCUT2D eigenvalue weighted by Gasteiger charge is 2.14. The molecule has 2 aromatic carbocycles. The fourth-order valence-electron chi connectivity index (χ4n) is 2.87. The van der Waals surface area contributed by atoms with Crippen LogP contribution in [0, 0.1) is 6.92 Å². The number of thioether (sulfide) groups is 1. The standard InChI is InChI=1S/C22H18N4O2S2/c1-15-11-12-17(30-15)13-23-25-20(27)14-29-22-24-19-10-6-5-9-18(19)21(28)26(22)16-7-3-2-4-8-16/h2-13H,14H2,1H3,(H,25,27)/b23-13-. The average molecular weight is 435 g/mol. The number of rotatable bonds is 6. The van der Waals surface area contributed by atoms with E-state index in [4.69, 9.17) is 0 Å². The first-order valence-corrected chi connectivity index (χ1v) is 11.0. The Kier molecular flexibility index (Phi) is 6.06. The van der Waals surface area contributed by atoms with Crippen molar-refractivity contribution in [2.75, 3.05) is 5.75 Å². The third-order valence-electron chi connectivity index (χ3n) is 4.23. The van der Waals surface area contributed by atoms with Gasteiger partial charge in [-0.3, -0.25) is 14.2 Å². The molecule has 150 valence electrons. The van der Waals surface area contributed by atoms with Crippen LogP contribution in [0.4, 0.5) is 0 Å². The predicted molar refractivity (Wildman–Crippen MR) is 123 cm³/mol. The lowest BCUT2D eigenvalue weighted by Crippen LogP contribution is -2.24. The molecule has 4 aromatic rings. The number of nitrogens with one attached hydrogen (secondary N) is 1. The van der Waals surface area contributed by atoms with Crippen LogP contribution in [-0.2, 0) is 4.79 Å². The van der Waals surface area contributed by atoms with Crippen LogP contribution in [-0.4, -0.2) is 27.4 Å². The molecule has 4 rings (SSSR count). The summed E-state index contributed by atoms with van der Waals surface area (Å²) in [5, 5.41) is 4.99. The molecule has 0 fully saturated rings. The van der Waals surface area contributed by atoms with E-state index in [-0.39, 0.29) is 17.2 Å². The molecule has 0 spiro atoms. The largest absolute Gasteiger partial charge is 0.272 e. The molecule has 0 bridgehead atoms. The first-order valence-electron chi connectivity index (χ1n) is 9.20. The van der Waals surface area contributed by atoms with Gasteiger partial charge in [0, 0.05) is 9.75 Å². The number of nitrogens with zero attached hydrogens (tertiary/aromatic N) is 3. The lowest BCUT2D eigenvalue weighted by atomic mass is 10.2. The van der Waals surface area contributed by atoms with Crippen LogP contribution in [0.3, 0.4) is 0 Å². The SMILES string of the molecule is Cc1ccc(/C=N\NC(=O)CSc2nc3ccccc3c(=O)n2-c2ccccc2)s1. The molecule has 0 aliphatic rings. The summed E-state index contributed by atoms with van der Waals surface area (Å²) in [6.07, 6.45) is 1.62. The van der Waals surface area contributed by atoms with Crippen LogP contribution in [0.15, 0.2) is 81.8 Å². The van der Waals surface area contributed by atoms with E-state index in [1.54, 1.807) is 29.7 Å². The smallest absolute Gasteiger partial charge is 0.266 e. The second-order valence-corrected chi connectivity index (χ2v) is 8.68. The highest BCUT2D eigenvalue weighted by Crippen LogP contribution is 2.21. The Morgan fingerprint density at radius 1 is 1.13 bits per heavy atom. The van der Waals surface area contributed by atoms with Crippen LogP contribution in [0.25, 0.3) is 16.6 Å². The average Bonchev–Trinajstić information content (AvgIpc) is 3.18. The first-order chi connectivity index (χ1) is 14.6. The molecule has 0 atom stereocenters. The third kappa shape index (κ3) is 4.50. The number of amides is 1. The van der Waals surface area contributed by atoms with Gasteiger partial charge in [0.25, 0.3) is 11.5 Å². The summed E-state index contributed by atoms with van der Waals surface area (Å²) >= 11 is 2.80. The summed E-state index contributed by atoms with van der Waals surface area (Å²) in [6, 6.07) is 20.4. The highest BCUT2D eigenvalue weighted by atomic mass is 32.2. The minimum Gasteiger partial charge on any atom is -0.272 e.